The number of rotatable bonds is 4. The number of aromatic amines is 1. The maximum Gasteiger partial charge on any atom is 0.308 e. The second kappa shape index (κ2) is 6.40. The average Bonchev–Trinajstić information content (AvgIpc) is 2.97. The number of hydrogen-bond donors (Lipinski definition) is 2. The summed E-state index contributed by atoms with van der Waals surface area (Å²) in [5.41, 5.74) is 3.03. The number of nitrogens with zero attached hydrogens (tertiary/aromatic N) is 2. The minimum absolute atomic E-state index is 0.00753. The monoisotopic (exact) mass is 315 g/mol. The molecule has 122 valence electrons. The van der Waals surface area contributed by atoms with E-state index in [2.05, 4.69) is 9.97 Å². The molecule has 1 unspecified atom stereocenters. The number of fused-ring (bicyclic) bond motifs is 1. The molecule has 1 aromatic heterocycles. The third kappa shape index (κ3) is 3.36. The van der Waals surface area contributed by atoms with Crippen LogP contribution in [0.15, 0.2) is 18.2 Å². The number of aromatic nitrogens is 2. The van der Waals surface area contributed by atoms with E-state index < -0.39 is 11.9 Å². The number of carboxylic acids is 1. The third-order valence-corrected chi connectivity index (χ3v) is 4.46. The Morgan fingerprint density at radius 2 is 2.26 bits per heavy atom. The minimum atomic E-state index is -0.810. The van der Waals surface area contributed by atoms with Gasteiger partial charge in [-0.15, -0.1) is 0 Å². The van der Waals surface area contributed by atoms with E-state index in [4.69, 9.17) is 5.11 Å². The number of nitrogens with one attached hydrogen (secondary N) is 1. The Kier molecular flexibility index (Phi) is 4.32. The van der Waals surface area contributed by atoms with Gasteiger partial charge in [-0.05, 0) is 31.4 Å². The summed E-state index contributed by atoms with van der Waals surface area (Å²) in [5, 5.41) is 9.10. The minimum Gasteiger partial charge on any atom is -0.481 e. The molecule has 23 heavy (non-hydrogen) atoms. The molecule has 0 bridgehead atoms. The van der Waals surface area contributed by atoms with Crippen molar-refractivity contribution in [3.05, 3.63) is 29.6 Å². The van der Waals surface area contributed by atoms with Crippen LogP contribution in [0.1, 0.15) is 30.7 Å². The number of aryl methyl sites for hydroxylation is 2. The summed E-state index contributed by atoms with van der Waals surface area (Å²) in [4.78, 5) is 32.9. The van der Waals surface area contributed by atoms with Crippen LogP contribution in [0.4, 0.5) is 0 Å². The van der Waals surface area contributed by atoms with Gasteiger partial charge in [0.1, 0.15) is 5.82 Å². The summed E-state index contributed by atoms with van der Waals surface area (Å²) in [6.07, 6.45) is 2.31. The zero-order valence-corrected chi connectivity index (χ0v) is 13.2. The Morgan fingerprint density at radius 1 is 1.43 bits per heavy atom. The van der Waals surface area contributed by atoms with Gasteiger partial charge in [-0.25, -0.2) is 4.98 Å². The lowest BCUT2D eigenvalue weighted by atomic mass is 9.98. The van der Waals surface area contributed by atoms with Gasteiger partial charge >= 0.3 is 5.97 Å². The van der Waals surface area contributed by atoms with Crippen LogP contribution in [-0.2, 0) is 16.0 Å². The fourth-order valence-electron chi connectivity index (χ4n) is 3.13. The summed E-state index contributed by atoms with van der Waals surface area (Å²) < 4.78 is 0. The second-order valence-electron chi connectivity index (χ2n) is 6.17. The summed E-state index contributed by atoms with van der Waals surface area (Å²) in [6.45, 7) is 2.99. The number of para-hydroxylation sites is 1. The number of piperidine rings is 1. The maximum absolute atomic E-state index is 12.3. The van der Waals surface area contributed by atoms with Crippen LogP contribution >= 0.6 is 0 Å². The van der Waals surface area contributed by atoms with Crippen molar-refractivity contribution < 1.29 is 14.7 Å². The van der Waals surface area contributed by atoms with Crippen LogP contribution in [0.2, 0.25) is 0 Å². The van der Waals surface area contributed by atoms with Crippen LogP contribution < -0.4 is 0 Å². The molecule has 2 N–H and O–H groups in total. The standard InChI is InChI=1S/C17H21N3O3/c1-11-4-2-6-13-16(11)19-14(18-13)7-8-15(21)20-9-3-5-12(10-20)17(22)23/h2,4,6,12H,3,5,7-10H2,1H3,(H,18,19)(H,22,23). The van der Waals surface area contributed by atoms with Crippen molar-refractivity contribution in [2.24, 2.45) is 5.92 Å². The summed E-state index contributed by atoms with van der Waals surface area (Å²) in [5.74, 6) is -0.431. The summed E-state index contributed by atoms with van der Waals surface area (Å²) in [7, 11) is 0. The smallest absolute Gasteiger partial charge is 0.308 e. The number of aliphatic carboxylic acids is 1. The molecule has 1 aliphatic heterocycles. The number of imidazole rings is 1. The second-order valence-corrected chi connectivity index (χ2v) is 6.17. The maximum atomic E-state index is 12.3. The molecule has 6 heteroatoms. The fraction of sp³-hybridized carbons (Fsp3) is 0.471. The number of amides is 1. The molecule has 1 amide bonds. The van der Waals surface area contributed by atoms with Crippen molar-refractivity contribution in [1.82, 2.24) is 14.9 Å². The van der Waals surface area contributed by atoms with Crippen molar-refractivity contribution in [2.45, 2.75) is 32.6 Å². The molecule has 2 heterocycles. The molecular formula is C17H21N3O3. The number of benzene rings is 1. The van der Waals surface area contributed by atoms with Gasteiger partial charge in [0.15, 0.2) is 0 Å². The topological polar surface area (TPSA) is 86.3 Å². The van der Waals surface area contributed by atoms with E-state index in [-0.39, 0.29) is 5.91 Å². The molecule has 6 nitrogen and oxygen atoms in total. The molecule has 1 aromatic carbocycles. The first-order chi connectivity index (χ1) is 11.0. The lowest BCUT2D eigenvalue weighted by Crippen LogP contribution is -2.42. The molecule has 1 fully saturated rings. The molecule has 0 radical (unpaired) electrons. The van der Waals surface area contributed by atoms with Gasteiger partial charge in [0.2, 0.25) is 5.91 Å². The Bertz CT molecular complexity index is 738. The van der Waals surface area contributed by atoms with Crippen molar-refractivity contribution in [1.29, 1.82) is 0 Å². The number of carbonyl (C=O) groups is 2. The number of carboxylic acid groups (broad SMARTS) is 1. The van der Waals surface area contributed by atoms with Gasteiger partial charge in [0.05, 0.1) is 17.0 Å². The Morgan fingerprint density at radius 3 is 3.00 bits per heavy atom. The highest BCUT2D eigenvalue weighted by Gasteiger charge is 2.27. The number of hydrogen-bond acceptors (Lipinski definition) is 3. The van der Waals surface area contributed by atoms with E-state index in [9.17, 15) is 9.59 Å². The fourth-order valence-corrected chi connectivity index (χ4v) is 3.13. The van der Waals surface area contributed by atoms with Crippen molar-refractivity contribution in [3.63, 3.8) is 0 Å². The van der Waals surface area contributed by atoms with Crippen LogP contribution in [-0.4, -0.2) is 44.9 Å². The Hall–Kier alpha value is -2.37. The zero-order valence-electron chi connectivity index (χ0n) is 13.2. The quantitative estimate of drug-likeness (QED) is 0.905. The van der Waals surface area contributed by atoms with Crippen LogP contribution in [0.5, 0.6) is 0 Å². The van der Waals surface area contributed by atoms with Gasteiger partial charge in [-0.3, -0.25) is 9.59 Å². The summed E-state index contributed by atoms with van der Waals surface area (Å²) >= 11 is 0. The van der Waals surface area contributed by atoms with Crippen molar-refractivity contribution >= 4 is 22.9 Å². The predicted molar refractivity (Wildman–Crippen MR) is 86.1 cm³/mol. The first kappa shape index (κ1) is 15.5. The SMILES string of the molecule is Cc1cccc2[nH]c(CCC(=O)N3CCCC(C(=O)O)C3)nc12. The highest BCUT2D eigenvalue weighted by atomic mass is 16.4. The largest absolute Gasteiger partial charge is 0.481 e. The highest BCUT2D eigenvalue weighted by molar-refractivity contribution is 5.80. The van der Waals surface area contributed by atoms with E-state index in [1.54, 1.807) is 4.90 Å². The van der Waals surface area contributed by atoms with Gasteiger partial charge < -0.3 is 15.0 Å². The van der Waals surface area contributed by atoms with E-state index in [1.807, 2.05) is 25.1 Å². The van der Waals surface area contributed by atoms with Gasteiger partial charge in [0.25, 0.3) is 0 Å². The van der Waals surface area contributed by atoms with Crippen LogP contribution in [0, 0.1) is 12.8 Å². The van der Waals surface area contributed by atoms with Crippen LogP contribution in [0.3, 0.4) is 0 Å². The molecular weight excluding hydrogens is 294 g/mol. The highest BCUT2D eigenvalue weighted by Crippen LogP contribution is 2.19. The number of carbonyl (C=O) groups excluding carboxylic acids is 1. The molecule has 3 rings (SSSR count). The molecule has 0 saturated carbocycles. The number of likely N-dealkylation sites (tertiary alicyclic amines) is 1. The first-order valence-corrected chi connectivity index (χ1v) is 7.99. The third-order valence-electron chi connectivity index (χ3n) is 4.46. The van der Waals surface area contributed by atoms with Crippen molar-refractivity contribution in [3.8, 4) is 0 Å². The lowest BCUT2D eigenvalue weighted by Gasteiger charge is -2.30. The van der Waals surface area contributed by atoms with Gasteiger partial charge in [-0.1, -0.05) is 12.1 Å². The Labute approximate surface area is 134 Å². The van der Waals surface area contributed by atoms with E-state index in [1.165, 1.54) is 0 Å². The van der Waals surface area contributed by atoms with E-state index in [0.29, 0.717) is 32.4 Å². The van der Waals surface area contributed by atoms with Crippen LogP contribution in [0.25, 0.3) is 11.0 Å². The molecule has 0 spiro atoms. The van der Waals surface area contributed by atoms with E-state index in [0.717, 1.165) is 28.8 Å². The molecule has 1 saturated heterocycles. The first-order valence-electron chi connectivity index (χ1n) is 7.99. The molecule has 0 aliphatic carbocycles. The van der Waals surface area contributed by atoms with Gasteiger partial charge in [0, 0.05) is 25.9 Å². The van der Waals surface area contributed by atoms with Gasteiger partial charge in [-0.2, -0.15) is 0 Å². The zero-order chi connectivity index (χ0) is 16.4. The molecule has 2 aromatic rings. The van der Waals surface area contributed by atoms with Crippen molar-refractivity contribution in [2.75, 3.05) is 13.1 Å². The average molecular weight is 315 g/mol. The molecule has 1 atom stereocenters. The molecule has 1 aliphatic rings. The lowest BCUT2D eigenvalue weighted by molar-refractivity contribution is -0.145. The normalized spacial score (nSPS) is 18.3. The number of H-pyrrole nitrogens is 1. The predicted octanol–water partition coefficient (Wildman–Crippen LogP) is 2.13. The summed E-state index contributed by atoms with van der Waals surface area (Å²) in [6, 6.07) is 5.96. The van der Waals surface area contributed by atoms with E-state index >= 15 is 0 Å². The Balaban J connectivity index is 1.61.